The van der Waals surface area contributed by atoms with E-state index in [9.17, 15) is 4.79 Å². The summed E-state index contributed by atoms with van der Waals surface area (Å²) in [7, 11) is 0. The molecule has 1 aliphatic heterocycles. The van der Waals surface area contributed by atoms with Crippen LogP contribution in [0.4, 0.5) is 5.13 Å². The first-order valence-corrected chi connectivity index (χ1v) is 11.3. The van der Waals surface area contributed by atoms with E-state index in [1.807, 2.05) is 41.3 Å². The highest BCUT2D eigenvalue weighted by Gasteiger charge is 2.23. The smallest absolute Gasteiger partial charge is 0.223 e. The van der Waals surface area contributed by atoms with Gasteiger partial charge in [-0.1, -0.05) is 22.9 Å². The number of aryl methyl sites for hydroxylation is 1. The number of aromatic nitrogens is 3. The number of fused-ring (bicyclic) bond motifs is 1. The number of carbonyl (C=O) groups is 1. The van der Waals surface area contributed by atoms with Crippen molar-refractivity contribution in [2.45, 2.75) is 12.8 Å². The number of amides is 1. The van der Waals surface area contributed by atoms with Crippen molar-refractivity contribution in [3.63, 3.8) is 0 Å². The first-order chi connectivity index (χ1) is 15.2. The Bertz CT molecular complexity index is 1170. The maximum absolute atomic E-state index is 12.7. The quantitative estimate of drug-likeness (QED) is 0.449. The highest BCUT2D eigenvalue weighted by molar-refractivity contribution is 7.21. The molecule has 0 bridgehead atoms. The third kappa shape index (κ3) is 4.40. The van der Waals surface area contributed by atoms with Crippen molar-refractivity contribution in [2.24, 2.45) is 0 Å². The van der Waals surface area contributed by atoms with Crippen LogP contribution in [-0.4, -0.2) is 51.9 Å². The Balaban J connectivity index is 1.14. The van der Waals surface area contributed by atoms with E-state index in [0.717, 1.165) is 34.1 Å². The SMILES string of the molecule is O=C(CCc1ncc(-c2ccc(Cl)cc2)o1)N1CCN(c2nc3cccnc3s2)CC1. The number of anilines is 1. The molecule has 5 rings (SSSR count). The van der Waals surface area contributed by atoms with E-state index in [1.165, 1.54) is 0 Å². The van der Waals surface area contributed by atoms with E-state index < -0.39 is 0 Å². The zero-order valence-electron chi connectivity index (χ0n) is 16.7. The fourth-order valence-corrected chi connectivity index (χ4v) is 4.67. The Kier molecular flexibility index (Phi) is 5.57. The highest BCUT2D eigenvalue weighted by Crippen LogP contribution is 2.28. The van der Waals surface area contributed by atoms with E-state index in [0.29, 0.717) is 42.6 Å². The van der Waals surface area contributed by atoms with Crippen LogP contribution < -0.4 is 4.90 Å². The second-order valence-electron chi connectivity index (χ2n) is 7.32. The second-order valence-corrected chi connectivity index (χ2v) is 8.71. The van der Waals surface area contributed by atoms with Crippen LogP contribution >= 0.6 is 22.9 Å². The van der Waals surface area contributed by atoms with Gasteiger partial charge in [0.2, 0.25) is 5.91 Å². The van der Waals surface area contributed by atoms with Crippen LogP contribution in [0, 0.1) is 0 Å². The van der Waals surface area contributed by atoms with Crippen molar-refractivity contribution in [1.29, 1.82) is 0 Å². The summed E-state index contributed by atoms with van der Waals surface area (Å²) in [6, 6.07) is 11.3. The van der Waals surface area contributed by atoms with E-state index in [-0.39, 0.29) is 5.91 Å². The summed E-state index contributed by atoms with van der Waals surface area (Å²) in [5, 5.41) is 1.64. The minimum atomic E-state index is 0.122. The lowest BCUT2D eigenvalue weighted by molar-refractivity contribution is -0.131. The molecule has 0 unspecified atom stereocenters. The molecule has 1 aromatic carbocycles. The molecule has 0 spiro atoms. The van der Waals surface area contributed by atoms with Gasteiger partial charge in [0.1, 0.15) is 10.3 Å². The van der Waals surface area contributed by atoms with E-state index in [2.05, 4.69) is 19.9 Å². The Morgan fingerprint density at radius 3 is 2.68 bits per heavy atom. The fraction of sp³-hybridized carbons (Fsp3) is 0.273. The van der Waals surface area contributed by atoms with E-state index in [1.54, 1.807) is 23.7 Å². The summed E-state index contributed by atoms with van der Waals surface area (Å²) in [5.41, 5.74) is 1.83. The number of piperazine rings is 1. The van der Waals surface area contributed by atoms with Crippen LogP contribution in [0.15, 0.2) is 53.2 Å². The first kappa shape index (κ1) is 20.0. The average Bonchev–Trinajstić information content (AvgIpc) is 3.45. The molecule has 9 heteroatoms. The third-order valence-electron chi connectivity index (χ3n) is 5.29. The van der Waals surface area contributed by atoms with Gasteiger partial charge in [-0.2, -0.15) is 0 Å². The van der Waals surface area contributed by atoms with Crippen LogP contribution in [-0.2, 0) is 11.2 Å². The van der Waals surface area contributed by atoms with Gasteiger partial charge in [0.15, 0.2) is 16.8 Å². The highest BCUT2D eigenvalue weighted by atomic mass is 35.5. The number of nitrogens with zero attached hydrogens (tertiary/aromatic N) is 5. The molecule has 158 valence electrons. The van der Waals surface area contributed by atoms with Crippen LogP contribution in [0.3, 0.4) is 0 Å². The molecular formula is C22H20ClN5O2S. The van der Waals surface area contributed by atoms with Crippen molar-refractivity contribution in [3.8, 4) is 11.3 Å². The lowest BCUT2D eigenvalue weighted by Gasteiger charge is -2.34. The van der Waals surface area contributed by atoms with Gasteiger partial charge in [0, 0.05) is 55.8 Å². The van der Waals surface area contributed by atoms with Gasteiger partial charge in [-0.3, -0.25) is 4.79 Å². The summed E-state index contributed by atoms with van der Waals surface area (Å²) >= 11 is 7.52. The van der Waals surface area contributed by atoms with Crippen molar-refractivity contribution in [3.05, 3.63) is 59.7 Å². The third-order valence-corrected chi connectivity index (χ3v) is 6.58. The average molecular weight is 454 g/mol. The molecule has 0 atom stereocenters. The standard InChI is InChI=1S/C22H20ClN5O2S/c23-16-5-3-15(4-6-16)18-14-25-19(30-18)7-8-20(29)27-10-12-28(13-11-27)22-26-17-2-1-9-24-21(17)31-22/h1-6,9,14H,7-8,10-13H2. The maximum Gasteiger partial charge on any atom is 0.223 e. The van der Waals surface area contributed by atoms with Crippen molar-refractivity contribution < 1.29 is 9.21 Å². The number of hydrogen-bond acceptors (Lipinski definition) is 7. The van der Waals surface area contributed by atoms with E-state index >= 15 is 0 Å². The van der Waals surface area contributed by atoms with Gasteiger partial charge >= 0.3 is 0 Å². The summed E-state index contributed by atoms with van der Waals surface area (Å²) in [5.74, 6) is 1.37. The van der Waals surface area contributed by atoms with Crippen LogP contribution in [0.5, 0.6) is 0 Å². The van der Waals surface area contributed by atoms with Crippen LogP contribution in [0.2, 0.25) is 5.02 Å². The molecule has 1 saturated heterocycles. The van der Waals surface area contributed by atoms with Crippen molar-refractivity contribution in [1.82, 2.24) is 19.9 Å². The van der Waals surface area contributed by atoms with E-state index in [4.69, 9.17) is 16.0 Å². The summed E-state index contributed by atoms with van der Waals surface area (Å²) in [4.78, 5) is 31.1. The lowest BCUT2D eigenvalue weighted by atomic mass is 10.2. The Morgan fingerprint density at radius 1 is 1.10 bits per heavy atom. The second kappa shape index (κ2) is 8.64. The molecular weight excluding hydrogens is 434 g/mol. The van der Waals surface area contributed by atoms with Crippen LogP contribution in [0.25, 0.3) is 21.7 Å². The molecule has 7 nitrogen and oxygen atoms in total. The fourth-order valence-electron chi connectivity index (χ4n) is 3.59. The lowest BCUT2D eigenvalue weighted by Crippen LogP contribution is -2.48. The summed E-state index contributed by atoms with van der Waals surface area (Å²) in [6.45, 7) is 2.91. The Morgan fingerprint density at radius 2 is 1.90 bits per heavy atom. The van der Waals surface area contributed by atoms with Gasteiger partial charge in [0.05, 0.1) is 6.20 Å². The number of benzene rings is 1. The number of thiazole rings is 1. The predicted octanol–water partition coefficient (Wildman–Crippen LogP) is 4.28. The topological polar surface area (TPSA) is 75.4 Å². The van der Waals surface area contributed by atoms with Gasteiger partial charge < -0.3 is 14.2 Å². The van der Waals surface area contributed by atoms with Crippen LogP contribution in [0.1, 0.15) is 12.3 Å². The summed E-state index contributed by atoms with van der Waals surface area (Å²) < 4.78 is 5.81. The zero-order chi connectivity index (χ0) is 21.2. The summed E-state index contributed by atoms with van der Waals surface area (Å²) in [6.07, 6.45) is 4.34. The molecule has 0 radical (unpaired) electrons. The zero-order valence-corrected chi connectivity index (χ0v) is 18.3. The largest absolute Gasteiger partial charge is 0.441 e. The molecule has 0 saturated carbocycles. The predicted molar refractivity (Wildman–Crippen MR) is 121 cm³/mol. The molecule has 3 aromatic heterocycles. The Labute approximate surface area is 188 Å². The minimum absolute atomic E-state index is 0.122. The van der Waals surface area contributed by atoms with Gasteiger partial charge in [-0.05, 0) is 36.4 Å². The van der Waals surface area contributed by atoms with Gasteiger partial charge in [0.25, 0.3) is 0 Å². The van der Waals surface area contributed by atoms with Crippen molar-refractivity contribution in [2.75, 3.05) is 31.1 Å². The molecule has 0 aliphatic carbocycles. The maximum atomic E-state index is 12.7. The number of halogens is 1. The number of hydrogen-bond donors (Lipinski definition) is 0. The first-order valence-electron chi connectivity index (χ1n) is 10.1. The molecule has 4 aromatic rings. The monoisotopic (exact) mass is 453 g/mol. The Hall–Kier alpha value is -2.97. The molecule has 1 aliphatic rings. The van der Waals surface area contributed by atoms with Gasteiger partial charge in [-0.15, -0.1) is 0 Å². The molecule has 31 heavy (non-hydrogen) atoms. The van der Waals surface area contributed by atoms with Crippen molar-refractivity contribution >= 4 is 44.3 Å². The normalized spacial score (nSPS) is 14.4. The molecule has 1 amide bonds. The number of rotatable bonds is 5. The number of pyridine rings is 1. The molecule has 4 heterocycles. The number of oxazole rings is 1. The minimum Gasteiger partial charge on any atom is -0.441 e. The molecule has 0 N–H and O–H groups in total. The molecule has 1 fully saturated rings. The van der Waals surface area contributed by atoms with Gasteiger partial charge in [-0.25, -0.2) is 15.0 Å². The number of carbonyl (C=O) groups excluding carboxylic acids is 1.